The molecule has 0 unspecified atom stereocenters. The van der Waals surface area contributed by atoms with Gasteiger partial charge in [0, 0.05) is 0 Å². The van der Waals surface area contributed by atoms with Crippen molar-refractivity contribution in [1.82, 2.24) is 5.43 Å². The third-order valence-corrected chi connectivity index (χ3v) is 5.12. The van der Waals surface area contributed by atoms with Crippen LogP contribution in [0.15, 0.2) is 35.9 Å². The van der Waals surface area contributed by atoms with Crippen LogP contribution in [0.1, 0.15) is 23.6 Å². The van der Waals surface area contributed by atoms with Crippen molar-refractivity contribution < 1.29 is 19.4 Å². The van der Waals surface area contributed by atoms with Crippen LogP contribution in [-0.4, -0.2) is 23.5 Å². The van der Waals surface area contributed by atoms with Crippen molar-refractivity contribution in [3.63, 3.8) is 0 Å². The average molecular weight is 478 g/mol. The molecule has 0 aromatic heterocycles. The molecule has 1 saturated heterocycles. The fraction of sp³-hybridized carbons (Fsp3) is 0.200. The van der Waals surface area contributed by atoms with Crippen LogP contribution < -0.4 is 15.2 Å². The summed E-state index contributed by atoms with van der Waals surface area (Å²) in [5, 5.41) is 11.3. The molecule has 7 heteroatoms. The Hall–Kier alpha value is -2.55. The second-order valence-electron chi connectivity index (χ2n) is 6.19. The van der Waals surface area contributed by atoms with Crippen LogP contribution in [0.25, 0.3) is 6.08 Å². The first kappa shape index (κ1) is 19.2. The number of hydrogen-bond acceptors (Lipinski definition) is 4. The van der Waals surface area contributed by atoms with E-state index in [-0.39, 0.29) is 11.3 Å². The Labute approximate surface area is 170 Å². The molecule has 6 nitrogen and oxygen atoms in total. The van der Waals surface area contributed by atoms with Gasteiger partial charge in [0.1, 0.15) is 5.57 Å². The monoisotopic (exact) mass is 478 g/mol. The molecule has 1 heterocycles. The Balaban J connectivity index is 1.96. The quantitative estimate of drug-likeness (QED) is 0.401. The average Bonchev–Trinajstić information content (AvgIpc) is 2.90. The van der Waals surface area contributed by atoms with Gasteiger partial charge in [0.2, 0.25) is 0 Å². The molecular formula is C20H19IN2O4. The van der Waals surface area contributed by atoms with Gasteiger partial charge in [-0.25, -0.2) is 5.01 Å². The van der Waals surface area contributed by atoms with Crippen molar-refractivity contribution in [1.29, 1.82) is 0 Å². The maximum atomic E-state index is 12.8. The summed E-state index contributed by atoms with van der Waals surface area (Å²) >= 11 is 1.98. The number of nitrogens with zero attached hydrogens (tertiary/aromatic N) is 1. The molecule has 2 aromatic rings. The van der Waals surface area contributed by atoms with E-state index >= 15 is 0 Å². The number of hydrazine groups is 1. The first-order valence-electron chi connectivity index (χ1n) is 8.41. The number of anilines is 1. The summed E-state index contributed by atoms with van der Waals surface area (Å²) in [6, 6.07) is 8.84. The van der Waals surface area contributed by atoms with Gasteiger partial charge in [-0.2, -0.15) is 0 Å². The lowest BCUT2D eigenvalue weighted by Gasteiger charge is -2.16. The highest BCUT2D eigenvalue weighted by molar-refractivity contribution is 14.1. The lowest BCUT2D eigenvalue weighted by atomic mass is 10.1. The third kappa shape index (κ3) is 3.78. The number of benzene rings is 2. The van der Waals surface area contributed by atoms with Gasteiger partial charge in [-0.3, -0.25) is 15.0 Å². The van der Waals surface area contributed by atoms with Gasteiger partial charge in [0.05, 0.1) is 15.9 Å². The lowest BCUT2D eigenvalue weighted by Crippen LogP contribution is -2.35. The van der Waals surface area contributed by atoms with Crippen molar-refractivity contribution in [3.05, 3.63) is 56.2 Å². The molecule has 1 aliphatic rings. The molecule has 0 bridgehead atoms. The minimum atomic E-state index is -0.473. The topological polar surface area (TPSA) is 78.9 Å². The largest absolute Gasteiger partial charge is 0.504 e. The molecule has 0 spiro atoms. The van der Waals surface area contributed by atoms with Crippen LogP contribution in [0.5, 0.6) is 11.5 Å². The summed E-state index contributed by atoms with van der Waals surface area (Å²) in [6.45, 7) is 6.14. The first-order chi connectivity index (χ1) is 12.8. The molecule has 3 rings (SSSR count). The van der Waals surface area contributed by atoms with Crippen molar-refractivity contribution in [2.75, 3.05) is 11.6 Å². The number of aryl methyl sites for hydroxylation is 2. The Bertz CT molecular complexity index is 969. The minimum Gasteiger partial charge on any atom is -0.504 e. The van der Waals surface area contributed by atoms with E-state index in [1.807, 2.05) is 55.5 Å². The smallest absolute Gasteiger partial charge is 0.282 e. The van der Waals surface area contributed by atoms with Gasteiger partial charge in [-0.1, -0.05) is 6.07 Å². The molecule has 0 aliphatic carbocycles. The van der Waals surface area contributed by atoms with Crippen LogP contribution in [0.2, 0.25) is 0 Å². The van der Waals surface area contributed by atoms with E-state index in [1.165, 1.54) is 11.1 Å². The van der Waals surface area contributed by atoms with Crippen LogP contribution in [-0.2, 0) is 9.59 Å². The normalized spacial score (nSPS) is 15.4. The van der Waals surface area contributed by atoms with Crippen LogP contribution >= 0.6 is 22.6 Å². The molecule has 2 amide bonds. The van der Waals surface area contributed by atoms with E-state index in [0.29, 0.717) is 27.2 Å². The number of nitrogens with one attached hydrogen (secondary N) is 1. The minimum absolute atomic E-state index is 0.0252. The number of phenols is 1. The SMILES string of the molecule is CCOc1cc(C=C2C(=O)NN(c3ccc(C)c(C)c3)C2=O)cc(I)c1O. The molecule has 27 heavy (non-hydrogen) atoms. The predicted octanol–water partition coefficient (Wildman–Crippen LogP) is 3.47. The van der Waals surface area contributed by atoms with Gasteiger partial charge in [-0.05, 0) is 90.4 Å². The number of phenolic OH excluding ortho intramolecular Hbond substituents is 1. The molecule has 1 aliphatic heterocycles. The lowest BCUT2D eigenvalue weighted by molar-refractivity contribution is -0.117. The molecule has 1 fully saturated rings. The second kappa shape index (κ2) is 7.59. The Kier molecular flexibility index (Phi) is 5.41. The van der Waals surface area contributed by atoms with Crippen molar-refractivity contribution in [2.45, 2.75) is 20.8 Å². The van der Waals surface area contributed by atoms with Gasteiger partial charge in [0.25, 0.3) is 11.8 Å². The molecular weight excluding hydrogens is 459 g/mol. The molecule has 0 atom stereocenters. The summed E-state index contributed by atoms with van der Waals surface area (Å²) in [7, 11) is 0. The van der Waals surface area contributed by atoms with E-state index in [0.717, 1.165) is 11.1 Å². The van der Waals surface area contributed by atoms with Crippen LogP contribution in [0.3, 0.4) is 0 Å². The van der Waals surface area contributed by atoms with E-state index in [9.17, 15) is 14.7 Å². The number of carbonyl (C=O) groups is 2. The Morgan fingerprint density at radius 2 is 1.93 bits per heavy atom. The zero-order valence-electron chi connectivity index (χ0n) is 15.2. The molecule has 2 N–H and O–H groups in total. The zero-order valence-corrected chi connectivity index (χ0v) is 17.3. The molecule has 0 saturated carbocycles. The predicted molar refractivity (Wildman–Crippen MR) is 112 cm³/mol. The summed E-state index contributed by atoms with van der Waals surface area (Å²) in [6.07, 6.45) is 1.50. The number of carbonyl (C=O) groups excluding carboxylic acids is 2. The summed E-state index contributed by atoms with van der Waals surface area (Å²) in [5.41, 5.74) is 5.96. The highest BCUT2D eigenvalue weighted by atomic mass is 127. The highest BCUT2D eigenvalue weighted by Crippen LogP contribution is 2.34. The number of amides is 2. The van der Waals surface area contributed by atoms with Crippen molar-refractivity contribution in [3.8, 4) is 11.5 Å². The molecule has 140 valence electrons. The number of ether oxygens (including phenoxy) is 1. The standard InChI is InChI=1S/C20H19IN2O4/c1-4-27-17-10-13(9-16(21)18(17)24)8-15-19(25)22-23(20(15)26)14-6-5-11(2)12(3)7-14/h5-10,24H,4H2,1-3H3,(H,22,25). The first-order valence-corrected chi connectivity index (χ1v) is 9.49. The van der Waals surface area contributed by atoms with Gasteiger partial charge < -0.3 is 9.84 Å². The summed E-state index contributed by atoms with van der Waals surface area (Å²) in [5.74, 6) is -0.546. The second-order valence-corrected chi connectivity index (χ2v) is 7.35. The van der Waals surface area contributed by atoms with Gasteiger partial charge in [-0.15, -0.1) is 0 Å². The zero-order chi connectivity index (χ0) is 19.7. The van der Waals surface area contributed by atoms with E-state index < -0.39 is 11.8 Å². The molecule has 2 aromatic carbocycles. The van der Waals surface area contributed by atoms with E-state index in [4.69, 9.17) is 4.74 Å². The summed E-state index contributed by atoms with van der Waals surface area (Å²) in [4.78, 5) is 25.1. The summed E-state index contributed by atoms with van der Waals surface area (Å²) < 4.78 is 5.98. The number of aromatic hydroxyl groups is 1. The van der Waals surface area contributed by atoms with Gasteiger partial charge in [0.15, 0.2) is 11.5 Å². The van der Waals surface area contributed by atoms with Crippen molar-refractivity contribution >= 4 is 46.2 Å². The number of halogens is 1. The van der Waals surface area contributed by atoms with Gasteiger partial charge >= 0.3 is 0 Å². The maximum Gasteiger partial charge on any atom is 0.282 e. The fourth-order valence-corrected chi connectivity index (χ4v) is 3.34. The highest BCUT2D eigenvalue weighted by Gasteiger charge is 2.34. The third-order valence-electron chi connectivity index (χ3n) is 4.30. The number of hydrogen-bond donors (Lipinski definition) is 2. The van der Waals surface area contributed by atoms with E-state index in [2.05, 4.69) is 5.43 Å². The maximum absolute atomic E-state index is 12.8. The molecule has 0 radical (unpaired) electrons. The Morgan fingerprint density at radius 1 is 1.19 bits per heavy atom. The van der Waals surface area contributed by atoms with Crippen molar-refractivity contribution in [2.24, 2.45) is 0 Å². The van der Waals surface area contributed by atoms with Crippen LogP contribution in [0, 0.1) is 17.4 Å². The van der Waals surface area contributed by atoms with E-state index in [1.54, 1.807) is 18.2 Å². The number of rotatable bonds is 4. The fourth-order valence-electron chi connectivity index (χ4n) is 2.71. The van der Waals surface area contributed by atoms with Crippen LogP contribution in [0.4, 0.5) is 5.69 Å². The Morgan fingerprint density at radius 3 is 2.59 bits per heavy atom.